The van der Waals surface area contributed by atoms with E-state index in [-0.39, 0.29) is 6.04 Å². The molecule has 1 aromatic heterocycles. The van der Waals surface area contributed by atoms with Crippen molar-refractivity contribution in [2.45, 2.75) is 37.4 Å². The zero-order chi connectivity index (χ0) is 17.3. The summed E-state index contributed by atoms with van der Waals surface area (Å²) in [4.78, 5) is 2.40. The Labute approximate surface area is 143 Å². The van der Waals surface area contributed by atoms with E-state index in [2.05, 4.69) is 5.10 Å². The van der Waals surface area contributed by atoms with E-state index in [9.17, 15) is 8.42 Å². The van der Waals surface area contributed by atoms with Crippen molar-refractivity contribution in [3.05, 3.63) is 47.8 Å². The molecule has 7 heteroatoms. The molecule has 0 fully saturated rings. The molecule has 24 heavy (non-hydrogen) atoms. The number of benzene rings is 1. The van der Waals surface area contributed by atoms with Gasteiger partial charge in [0.05, 0.1) is 17.1 Å². The predicted octanol–water partition coefficient (Wildman–Crippen LogP) is 1.72. The van der Waals surface area contributed by atoms with E-state index in [1.165, 1.54) is 0 Å². The van der Waals surface area contributed by atoms with E-state index in [1.54, 1.807) is 28.7 Å². The first kappa shape index (κ1) is 17.1. The molecular formula is C17H24N4O2S. The Hall–Kier alpha value is -1.70. The summed E-state index contributed by atoms with van der Waals surface area (Å²) in [7, 11) is 0.389. The van der Waals surface area contributed by atoms with E-state index in [0.717, 1.165) is 24.2 Å². The van der Waals surface area contributed by atoms with Crippen molar-refractivity contribution in [1.29, 1.82) is 0 Å². The normalized spacial score (nSPS) is 19.2. The summed E-state index contributed by atoms with van der Waals surface area (Å²) in [6.07, 6.45) is 2.48. The zero-order valence-corrected chi connectivity index (χ0v) is 15.2. The molecule has 0 bridgehead atoms. The first-order valence-electron chi connectivity index (χ1n) is 8.12. The summed E-state index contributed by atoms with van der Waals surface area (Å²) in [5.41, 5.74) is 1.88. The van der Waals surface area contributed by atoms with E-state index in [4.69, 9.17) is 0 Å². The van der Waals surface area contributed by atoms with Gasteiger partial charge in [-0.05, 0) is 51.2 Å². The number of hydrogen-bond acceptors (Lipinski definition) is 4. The SMILES string of the molecule is Cc1cccc(S(=O)(=O)N2Cc3ccnn3CCC2CN(C)C)c1. The number of nitrogens with zero attached hydrogens (tertiary/aromatic N) is 4. The molecule has 0 spiro atoms. The summed E-state index contributed by atoms with van der Waals surface area (Å²) in [5, 5.41) is 4.32. The molecule has 1 unspecified atom stereocenters. The van der Waals surface area contributed by atoms with Crippen molar-refractivity contribution in [2.75, 3.05) is 20.6 Å². The fourth-order valence-corrected chi connectivity index (χ4v) is 4.92. The van der Waals surface area contributed by atoms with Crippen LogP contribution >= 0.6 is 0 Å². The van der Waals surface area contributed by atoms with Gasteiger partial charge in [0.2, 0.25) is 10.0 Å². The Morgan fingerprint density at radius 3 is 2.79 bits per heavy atom. The molecule has 0 saturated heterocycles. The van der Waals surface area contributed by atoms with Crippen LogP contribution in [-0.4, -0.2) is 54.1 Å². The molecule has 1 aliphatic heterocycles. The Balaban J connectivity index is 2.02. The molecule has 0 aliphatic carbocycles. The number of fused-ring (bicyclic) bond motifs is 1. The van der Waals surface area contributed by atoms with E-state index in [0.29, 0.717) is 18.0 Å². The molecule has 1 atom stereocenters. The number of aryl methyl sites for hydroxylation is 2. The van der Waals surface area contributed by atoms with Crippen LogP contribution in [0.15, 0.2) is 41.4 Å². The van der Waals surface area contributed by atoms with Gasteiger partial charge in [0.15, 0.2) is 0 Å². The van der Waals surface area contributed by atoms with Gasteiger partial charge < -0.3 is 4.90 Å². The van der Waals surface area contributed by atoms with Crippen molar-refractivity contribution in [3.63, 3.8) is 0 Å². The topological polar surface area (TPSA) is 58.4 Å². The van der Waals surface area contributed by atoms with Crippen molar-refractivity contribution >= 4 is 10.0 Å². The first-order chi connectivity index (χ1) is 11.4. The second-order valence-corrected chi connectivity index (χ2v) is 8.51. The largest absolute Gasteiger partial charge is 0.308 e. The molecule has 6 nitrogen and oxygen atoms in total. The van der Waals surface area contributed by atoms with Gasteiger partial charge >= 0.3 is 0 Å². The molecule has 0 N–H and O–H groups in total. The molecule has 2 aromatic rings. The highest BCUT2D eigenvalue weighted by molar-refractivity contribution is 7.89. The lowest BCUT2D eigenvalue weighted by molar-refractivity contribution is 0.239. The number of hydrogen-bond donors (Lipinski definition) is 0. The minimum Gasteiger partial charge on any atom is -0.308 e. The predicted molar refractivity (Wildman–Crippen MR) is 93.1 cm³/mol. The minimum atomic E-state index is -3.56. The summed E-state index contributed by atoms with van der Waals surface area (Å²) in [6, 6.07) is 8.95. The molecule has 1 aromatic carbocycles. The zero-order valence-electron chi connectivity index (χ0n) is 14.4. The van der Waals surface area contributed by atoms with Crippen LogP contribution in [0.4, 0.5) is 0 Å². The Morgan fingerprint density at radius 2 is 2.08 bits per heavy atom. The summed E-state index contributed by atoms with van der Waals surface area (Å²) in [6.45, 7) is 3.69. The van der Waals surface area contributed by atoms with E-state index < -0.39 is 10.0 Å². The number of likely N-dealkylation sites (N-methyl/N-ethyl adjacent to an activating group) is 1. The molecule has 130 valence electrons. The van der Waals surface area contributed by atoms with Crippen LogP contribution in [0, 0.1) is 6.92 Å². The fraction of sp³-hybridized carbons (Fsp3) is 0.471. The Bertz CT molecular complexity index is 814. The van der Waals surface area contributed by atoms with Crippen molar-refractivity contribution in [1.82, 2.24) is 19.0 Å². The van der Waals surface area contributed by atoms with Crippen LogP contribution in [0.2, 0.25) is 0 Å². The van der Waals surface area contributed by atoms with Crippen LogP contribution in [0.5, 0.6) is 0 Å². The quantitative estimate of drug-likeness (QED) is 0.844. The van der Waals surface area contributed by atoms with Gasteiger partial charge in [0.1, 0.15) is 0 Å². The monoisotopic (exact) mass is 348 g/mol. The van der Waals surface area contributed by atoms with Gasteiger partial charge in [-0.3, -0.25) is 4.68 Å². The van der Waals surface area contributed by atoms with Crippen LogP contribution in [-0.2, 0) is 23.1 Å². The van der Waals surface area contributed by atoms with Gasteiger partial charge in [-0.15, -0.1) is 0 Å². The third-order valence-electron chi connectivity index (χ3n) is 4.38. The van der Waals surface area contributed by atoms with Crippen molar-refractivity contribution < 1.29 is 8.42 Å². The minimum absolute atomic E-state index is 0.0767. The van der Waals surface area contributed by atoms with Gasteiger partial charge in [0, 0.05) is 25.3 Å². The molecule has 0 amide bonds. The molecule has 3 rings (SSSR count). The lowest BCUT2D eigenvalue weighted by atomic mass is 10.2. The molecule has 0 saturated carbocycles. The highest BCUT2D eigenvalue weighted by Crippen LogP contribution is 2.26. The highest BCUT2D eigenvalue weighted by Gasteiger charge is 2.34. The summed E-state index contributed by atoms with van der Waals surface area (Å²) < 4.78 is 30.1. The van der Waals surface area contributed by atoms with Crippen LogP contribution in [0.3, 0.4) is 0 Å². The Morgan fingerprint density at radius 1 is 1.29 bits per heavy atom. The second-order valence-electron chi connectivity index (χ2n) is 6.62. The van der Waals surface area contributed by atoms with Crippen LogP contribution in [0.25, 0.3) is 0 Å². The smallest absolute Gasteiger partial charge is 0.243 e. The second kappa shape index (κ2) is 6.66. The van der Waals surface area contributed by atoms with E-state index in [1.807, 2.05) is 42.7 Å². The van der Waals surface area contributed by atoms with Gasteiger partial charge in [-0.2, -0.15) is 9.40 Å². The summed E-state index contributed by atoms with van der Waals surface area (Å²) in [5.74, 6) is 0. The molecule has 0 radical (unpaired) electrons. The van der Waals surface area contributed by atoms with E-state index >= 15 is 0 Å². The van der Waals surface area contributed by atoms with Crippen molar-refractivity contribution in [3.8, 4) is 0 Å². The third-order valence-corrected chi connectivity index (χ3v) is 6.27. The molecule has 2 heterocycles. The van der Waals surface area contributed by atoms with Crippen molar-refractivity contribution in [2.24, 2.45) is 0 Å². The van der Waals surface area contributed by atoms with Gasteiger partial charge in [-0.1, -0.05) is 12.1 Å². The van der Waals surface area contributed by atoms with Gasteiger partial charge in [0.25, 0.3) is 0 Å². The Kier molecular flexibility index (Phi) is 4.76. The maximum absolute atomic E-state index is 13.3. The third kappa shape index (κ3) is 3.38. The summed E-state index contributed by atoms with van der Waals surface area (Å²) >= 11 is 0. The average Bonchev–Trinajstić information content (AvgIpc) is 2.89. The fourth-order valence-electron chi connectivity index (χ4n) is 3.20. The molecule has 1 aliphatic rings. The van der Waals surface area contributed by atoms with Crippen LogP contribution < -0.4 is 0 Å². The maximum Gasteiger partial charge on any atom is 0.243 e. The number of aromatic nitrogens is 2. The standard InChI is InChI=1S/C17H24N4O2S/c1-14-5-4-6-17(11-14)24(22,23)21-13-15-7-9-18-20(15)10-8-16(21)12-19(2)3/h4-7,9,11,16H,8,10,12-13H2,1-3H3. The maximum atomic E-state index is 13.3. The number of rotatable bonds is 4. The lowest BCUT2D eigenvalue weighted by Gasteiger charge is -2.30. The highest BCUT2D eigenvalue weighted by atomic mass is 32.2. The number of sulfonamides is 1. The average molecular weight is 348 g/mol. The van der Waals surface area contributed by atoms with Crippen LogP contribution in [0.1, 0.15) is 17.7 Å². The first-order valence-corrected chi connectivity index (χ1v) is 9.56. The molecular weight excluding hydrogens is 324 g/mol. The van der Waals surface area contributed by atoms with Gasteiger partial charge in [-0.25, -0.2) is 8.42 Å². The lowest BCUT2D eigenvalue weighted by Crippen LogP contribution is -2.44.